The van der Waals surface area contributed by atoms with Crippen molar-refractivity contribution in [2.45, 2.75) is 50.9 Å². The average Bonchev–Trinajstić information content (AvgIpc) is 2.76. The van der Waals surface area contributed by atoms with Crippen LogP contribution in [-0.4, -0.2) is 14.6 Å². The molecule has 4 fully saturated rings. The molecule has 0 saturated heterocycles. The highest BCUT2D eigenvalue weighted by molar-refractivity contribution is 5.42. The Kier molecular flexibility index (Phi) is 2.05. The molecule has 3 nitrogen and oxygen atoms in total. The third kappa shape index (κ3) is 1.41. The Hall–Kier alpha value is -1.38. The van der Waals surface area contributed by atoms with Crippen molar-refractivity contribution in [3.8, 4) is 0 Å². The largest absolute Gasteiger partial charge is 0.237 e. The van der Waals surface area contributed by atoms with Crippen molar-refractivity contribution in [2.24, 2.45) is 17.8 Å². The normalized spacial score (nSPS) is 38.8. The van der Waals surface area contributed by atoms with E-state index in [9.17, 15) is 0 Å². The first-order valence-electron chi connectivity index (χ1n) is 8.04. The highest BCUT2D eigenvalue weighted by Gasteiger charge is 2.52. The van der Waals surface area contributed by atoms with E-state index >= 15 is 0 Å². The molecule has 104 valence electrons. The van der Waals surface area contributed by atoms with Crippen LogP contribution in [0.3, 0.4) is 0 Å². The monoisotopic (exact) mass is 267 g/mol. The second kappa shape index (κ2) is 3.63. The molecule has 0 amide bonds. The fourth-order valence-electron chi connectivity index (χ4n) is 5.84. The smallest absolute Gasteiger partial charge is 0.155 e. The lowest BCUT2D eigenvalue weighted by Crippen LogP contribution is -2.49. The van der Waals surface area contributed by atoms with Gasteiger partial charge in [0.2, 0.25) is 0 Å². The zero-order valence-electron chi connectivity index (χ0n) is 12.0. The number of fused-ring (bicyclic) bond motifs is 1. The lowest BCUT2D eigenvalue weighted by molar-refractivity contribution is -0.00820. The van der Waals surface area contributed by atoms with Crippen molar-refractivity contribution in [3.05, 3.63) is 29.7 Å². The van der Waals surface area contributed by atoms with E-state index < -0.39 is 0 Å². The Labute approximate surface area is 119 Å². The molecule has 0 radical (unpaired) electrons. The van der Waals surface area contributed by atoms with Gasteiger partial charge in [-0.05, 0) is 69.3 Å². The molecule has 6 rings (SSSR count). The molecule has 4 aliphatic rings. The van der Waals surface area contributed by atoms with Crippen LogP contribution in [-0.2, 0) is 5.41 Å². The van der Waals surface area contributed by atoms with E-state index in [0.717, 1.165) is 29.1 Å². The highest BCUT2D eigenvalue weighted by atomic mass is 15.3. The molecule has 2 heterocycles. The van der Waals surface area contributed by atoms with Crippen molar-refractivity contribution in [3.63, 3.8) is 0 Å². The molecule has 2 aromatic heterocycles. The number of hydrogen-bond acceptors (Lipinski definition) is 2. The summed E-state index contributed by atoms with van der Waals surface area (Å²) < 4.78 is 2.14. The molecular formula is C17H21N3. The van der Waals surface area contributed by atoms with Gasteiger partial charge in [0, 0.05) is 17.7 Å². The summed E-state index contributed by atoms with van der Waals surface area (Å²) in [6.07, 6.45) is 10.6. The predicted octanol–water partition coefficient (Wildman–Crippen LogP) is 3.51. The van der Waals surface area contributed by atoms with Crippen molar-refractivity contribution in [1.29, 1.82) is 0 Å². The molecule has 20 heavy (non-hydrogen) atoms. The molecule has 0 unspecified atom stereocenters. The van der Waals surface area contributed by atoms with E-state index in [4.69, 9.17) is 5.10 Å². The van der Waals surface area contributed by atoms with Crippen LogP contribution >= 0.6 is 0 Å². The first-order chi connectivity index (χ1) is 9.72. The van der Waals surface area contributed by atoms with Crippen LogP contribution in [0.4, 0.5) is 0 Å². The summed E-state index contributed by atoms with van der Waals surface area (Å²) in [6, 6.07) is 4.34. The number of aryl methyl sites for hydroxylation is 1. The van der Waals surface area contributed by atoms with E-state index in [1.54, 1.807) is 0 Å². The third-order valence-corrected chi connectivity index (χ3v) is 6.06. The molecule has 4 aliphatic carbocycles. The van der Waals surface area contributed by atoms with Gasteiger partial charge in [0.1, 0.15) is 0 Å². The molecule has 4 saturated carbocycles. The fraction of sp³-hybridized carbons (Fsp3) is 0.647. The van der Waals surface area contributed by atoms with Gasteiger partial charge in [-0.3, -0.25) is 0 Å². The summed E-state index contributed by atoms with van der Waals surface area (Å²) in [5, 5.41) is 4.72. The molecule has 0 atom stereocenters. The summed E-state index contributed by atoms with van der Waals surface area (Å²) in [5.74, 6) is 2.92. The third-order valence-electron chi connectivity index (χ3n) is 6.06. The van der Waals surface area contributed by atoms with Crippen LogP contribution in [0.2, 0.25) is 0 Å². The van der Waals surface area contributed by atoms with E-state index in [2.05, 4.69) is 28.6 Å². The average molecular weight is 267 g/mol. The maximum Gasteiger partial charge on any atom is 0.155 e. The molecule has 3 heteroatoms. The minimum Gasteiger partial charge on any atom is -0.237 e. The first kappa shape index (κ1) is 11.3. The van der Waals surface area contributed by atoms with Gasteiger partial charge in [0.15, 0.2) is 5.65 Å². The number of nitrogens with zero attached hydrogens (tertiary/aromatic N) is 3. The van der Waals surface area contributed by atoms with Gasteiger partial charge >= 0.3 is 0 Å². The SMILES string of the molecule is Cc1cc2nccc(C34CC5CC(CC(C5)C3)C4)n2n1. The number of hydrogen-bond donors (Lipinski definition) is 0. The van der Waals surface area contributed by atoms with Crippen LogP contribution in [0.25, 0.3) is 5.65 Å². The van der Waals surface area contributed by atoms with Crippen LogP contribution in [0, 0.1) is 24.7 Å². The van der Waals surface area contributed by atoms with Gasteiger partial charge in [-0.1, -0.05) is 0 Å². The molecule has 0 spiro atoms. The van der Waals surface area contributed by atoms with Gasteiger partial charge < -0.3 is 0 Å². The Bertz CT molecular complexity index is 649. The molecule has 4 bridgehead atoms. The minimum absolute atomic E-state index is 0.397. The molecule has 0 aliphatic heterocycles. The van der Waals surface area contributed by atoms with Crippen molar-refractivity contribution < 1.29 is 0 Å². The number of aromatic nitrogens is 3. The zero-order chi connectivity index (χ0) is 13.3. The Balaban J connectivity index is 1.71. The van der Waals surface area contributed by atoms with Gasteiger partial charge in [0.05, 0.1) is 11.4 Å². The zero-order valence-corrected chi connectivity index (χ0v) is 12.0. The van der Waals surface area contributed by atoms with Crippen LogP contribution in [0.1, 0.15) is 49.9 Å². The first-order valence-corrected chi connectivity index (χ1v) is 8.04. The number of rotatable bonds is 1. The predicted molar refractivity (Wildman–Crippen MR) is 77.6 cm³/mol. The molecule has 2 aromatic rings. The lowest BCUT2D eigenvalue weighted by Gasteiger charge is -2.56. The topological polar surface area (TPSA) is 30.2 Å². The maximum atomic E-state index is 4.72. The van der Waals surface area contributed by atoms with E-state index in [1.807, 2.05) is 6.20 Å². The second-order valence-electron chi connectivity index (χ2n) is 7.58. The standard InChI is InChI=1S/C17H21N3/c1-11-4-16-18-3-2-15(20(16)19-11)17-8-12-5-13(9-17)7-14(6-12)10-17/h2-4,12-14H,5-10H2,1H3. The molecule has 0 N–H and O–H groups in total. The summed E-state index contributed by atoms with van der Waals surface area (Å²) in [7, 11) is 0. The molecular weight excluding hydrogens is 246 g/mol. The Morgan fingerprint density at radius 1 is 1.10 bits per heavy atom. The Morgan fingerprint density at radius 2 is 1.75 bits per heavy atom. The van der Waals surface area contributed by atoms with Crippen molar-refractivity contribution in [2.75, 3.05) is 0 Å². The summed E-state index contributed by atoms with van der Waals surface area (Å²) in [6.45, 7) is 2.07. The van der Waals surface area contributed by atoms with Gasteiger partial charge in [-0.2, -0.15) is 5.10 Å². The highest BCUT2D eigenvalue weighted by Crippen LogP contribution is 2.60. The van der Waals surface area contributed by atoms with Gasteiger partial charge in [0.25, 0.3) is 0 Å². The van der Waals surface area contributed by atoms with E-state index in [-0.39, 0.29) is 0 Å². The molecule has 0 aromatic carbocycles. The van der Waals surface area contributed by atoms with E-state index in [1.165, 1.54) is 44.2 Å². The summed E-state index contributed by atoms with van der Waals surface area (Å²) in [5.41, 5.74) is 3.94. The van der Waals surface area contributed by atoms with Gasteiger partial charge in [-0.25, -0.2) is 9.50 Å². The van der Waals surface area contributed by atoms with Crippen molar-refractivity contribution >= 4 is 5.65 Å². The van der Waals surface area contributed by atoms with Crippen LogP contribution < -0.4 is 0 Å². The lowest BCUT2D eigenvalue weighted by atomic mass is 9.49. The van der Waals surface area contributed by atoms with Gasteiger partial charge in [-0.15, -0.1) is 0 Å². The Morgan fingerprint density at radius 3 is 2.40 bits per heavy atom. The fourth-order valence-corrected chi connectivity index (χ4v) is 5.84. The van der Waals surface area contributed by atoms with Crippen LogP contribution in [0.5, 0.6) is 0 Å². The van der Waals surface area contributed by atoms with Crippen LogP contribution in [0.15, 0.2) is 18.3 Å². The van der Waals surface area contributed by atoms with Crippen molar-refractivity contribution in [1.82, 2.24) is 14.6 Å². The van der Waals surface area contributed by atoms with E-state index in [0.29, 0.717) is 5.41 Å². The summed E-state index contributed by atoms with van der Waals surface area (Å²) in [4.78, 5) is 4.49. The second-order valence-corrected chi connectivity index (χ2v) is 7.58. The maximum absolute atomic E-state index is 4.72. The quantitative estimate of drug-likeness (QED) is 0.791. The minimum atomic E-state index is 0.397. The summed E-state index contributed by atoms with van der Waals surface area (Å²) >= 11 is 0.